The zero-order valence-corrected chi connectivity index (χ0v) is 18.4. The number of guanidine groups is 1. The number of nitrogens with zero attached hydrogens (tertiary/aromatic N) is 2. The third kappa shape index (κ3) is 5.86. The van der Waals surface area contributed by atoms with Crippen molar-refractivity contribution < 1.29 is 9.47 Å². The molecule has 0 aliphatic carbocycles. The summed E-state index contributed by atoms with van der Waals surface area (Å²) in [5.41, 5.74) is 2.56. The van der Waals surface area contributed by atoms with Crippen LogP contribution in [-0.2, 0) is 11.3 Å². The van der Waals surface area contributed by atoms with Crippen molar-refractivity contribution in [1.82, 2.24) is 15.5 Å². The Kier molecular flexibility index (Phi) is 8.19. The zero-order chi connectivity index (χ0) is 20.5. The first kappa shape index (κ1) is 21.9. The van der Waals surface area contributed by atoms with Crippen molar-refractivity contribution in [3.63, 3.8) is 0 Å². The van der Waals surface area contributed by atoms with E-state index < -0.39 is 0 Å². The van der Waals surface area contributed by atoms with Gasteiger partial charge in [-0.15, -0.1) is 0 Å². The first-order chi connectivity index (χ1) is 14.2. The third-order valence-corrected chi connectivity index (χ3v) is 6.14. The number of hydrogen-bond donors (Lipinski definition) is 2. The second kappa shape index (κ2) is 10.8. The van der Waals surface area contributed by atoms with E-state index in [1.165, 1.54) is 31.5 Å². The average Bonchev–Trinajstić information content (AvgIpc) is 3.30. The maximum Gasteiger partial charge on any atom is 0.191 e. The minimum absolute atomic E-state index is 0.186. The predicted octanol–water partition coefficient (Wildman–Crippen LogP) is 3.09. The third-order valence-electron chi connectivity index (χ3n) is 6.14. The summed E-state index contributed by atoms with van der Waals surface area (Å²) < 4.78 is 11.6. The Morgan fingerprint density at radius 3 is 2.66 bits per heavy atom. The molecule has 0 unspecified atom stereocenters. The van der Waals surface area contributed by atoms with Gasteiger partial charge in [-0.2, -0.15) is 0 Å². The molecule has 2 saturated heterocycles. The van der Waals surface area contributed by atoms with E-state index in [0.717, 1.165) is 62.9 Å². The van der Waals surface area contributed by atoms with Crippen LogP contribution in [0.4, 0.5) is 0 Å². The largest absolute Gasteiger partial charge is 0.493 e. The molecule has 0 aromatic heterocycles. The molecule has 3 rings (SSSR count). The first-order valence-corrected chi connectivity index (χ1v) is 11.2. The molecule has 0 radical (unpaired) electrons. The lowest BCUT2D eigenvalue weighted by Crippen LogP contribution is -2.58. The number of nitrogens with one attached hydrogen (secondary N) is 2. The van der Waals surface area contributed by atoms with Crippen LogP contribution in [0.3, 0.4) is 0 Å². The Balaban J connectivity index is 1.59. The molecule has 2 aliphatic rings. The van der Waals surface area contributed by atoms with Crippen molar-refractivity contribution in [1.29, 1.82) is 0 Å². The molecule has 1 aromatic carbocycles. The van der Waals surface area contributed by atoms with E-state index in [-0.39, 0.29) is 5.54 Å². The van der Waals surface area contributed by atoms with Crippen molar-refractivity contribution in [3.05, 3.63) is 29.3 Å². The molecule has 0 bridgehead atoms. The van der Waals surface area contributed by atoms with Gasteiger partial charge in [0, 0.05) is 44.5 Å². The molecule has 0 spiro atoms. The summed E-state index contributed by atoms with van der Waals surface area (Å²) in [5.74, 6) is 1.81. The Bertz CT molecular complexity index is 665. The van der Waals surface area contributed by atoms with Crippen LogP contribution in [0.5, 0.6) is 5.75 Å². The minimum atomic E-state index is 0.186. The summed E-state index contributed by atoms with van der Waals surface area (Å²) in [5, 5.41) is 7.08. The van der Waals surface area contributed by atoms with Crippen LogP contribution >= 0.6 is 0 Å². The standard InChI is InChI=1S/C23H38N4O2/c1-4-13-29-21-16-19(2)7-8-20(21)17-25-22(24-3)26-18-23(9-14-28-15-10-23)27-11-5-6-12-27/h7-8,16H,4-6,9-15,17-18H2,1-3H3,(H2,24,25,26). The summed E-state index contributed by atoms with van der Waals surface area (Å²) in [7, 11) is 1.84. The summed E-state index contributed by atoms with van der Waals surface area (Å²) in [6.45, 7) is 10.7. The maximum atomic E-state index is 5.95. The summed E-state index contributed by atoms with van der Waals surface area (Å²) in [6, 6.07) is 6.40. The van der Waals surface area contributed by atoms with E-state index in [9.17, 15) is 0 Å². The quantitative estimate of drug-likeness (QED) is 0.517. The molecule has 0 atom stereocenters. The van der Waals surface area contributed by atoms with Gasteiger partial charge in [0.05, 0.1) is 6.61 Å². The molecule has 1 aromatic rings. The predicted molar refractivity (Wildman–Crippen MR) is 119 cm³/mol. The zero-order valence-electron chi connectivity index (χ0n) is 18.4. The van der Waals surface area contributed by atoms with Gasteiger partial charge in [-0.25, -0.2) is 0 Å². The van der Waals surface area contributed by atoms with Crippen LogP contribution in [0.15, 0.2) is 23.2 Å². The molecule has 0 saturated carbocycles. The lowest BCUT2D eigenvalue weighted by atomic mass is 9.88. The van der Waals surface area contributed by atoms with Crippen LogP contribution in [0.1, 0.15) is 50.2 Å². The lowest BCUT2D eigenvalue weighted by Gasteiger charge is -2.45. The maximum absolute atomic E-state index is 5.95. The van der Waals surface area contributed by atoms with E-state index in [1.54, 1.807) is 0 Å². The van der Waals surface area contributed by atoms with Gasteiger partial charge in [0.1, 0.15) is 5.75 Å². The van der Waals surface area contributed by atoms with Crippen molar-refractivity contribution in [2.75, 3.05) is 46.5 Å². The number of aliphatic imine (C=N–C) groups is 1. The molecule has 2 N–H and O–H groups in total. The fraction of sp³-hybridized carbons (Fsp3) is 0.696. The van der Waals surface area contributed by atoms with Gasteiger partial charge in [0.2, 0.25) is 0 Å². The van der Waals surface area contributed by atoms with E-state index in [4.69, 9.17) is 9.47 Å². The number of aryl methyl sites for hydroxylation is 1. The summed E-state index contributed by atoms with van der Waals surface area (Å²) in [4.78, 5) is 7.13. The van der Waals surface area contributed by atoms with Crippen LogP contribution in [0, 0.1) is 6.92 Å². The first-order valence-electron chi connectivity index (χ1n) is 11.2. The van der Waals surface area contributed by atoms with Gasteiger partial charge in [-0.3, -0.25) is 9.89 Å². The Morgan fingerprint density at radius 1 is 1.21 bits per heavy atom. The van der Waals surface area contributed by atoms with Gasteiger partial charge < -0.3 is 20.1 Å². The second-order valence-electron chi connectivity index (χ2n) is 8.27. The molecule has 162 valence electrons. The Hall–Kier alpha value is -1.79. The molecule has 2 aliphatic heterocycles. The topological polar surface area (TPSA) is 58.1 Å². The van der Waals surface area contributed by atoms with Gasteiger partial charge in [0.25, 0.3) is 0 Å². The molecular formula is C23H38N4O2. The molecule has 2 heterocycles. The van der Waals surface area contributed by atoms with Gasteiger partial charge in [-0.1, -0.05) is 19.1 Å². The molecule has 6 nitrogen and oxygen atoms in total. The Morgan fingerprint density at radius 2 is 1.97 bits per heavy atom. The van der Waals surface area contributed by atoms with E-state index in [1.807, 2.05) is 7.05 Å². The fourth-order valence-electron chi connectivity index (χ4n) is 4.35. The highest BCUT2D eigenvalue weighted by Crippen LogP contribution is 2.30. The number of benzene rings is 1. The molecule has 6 heteroatoms. The van der Waals surface area contributed by atoms with Crippen molar-refractivity contribution in [2.45, 2.75) is 58.0 Å². The summed E-state index contributed by atoms with van der Waals surface area (Å²) in [6.07, 6.45) is 5.80. The van der Waals surface area contributed by atoms with Crippen molar-refractivity contribution in [3.8, 4) is 5.75 Å². The minimum Gasteiger partial charge on any atom is -0.493 e. The van der Waals surface area contributed by atoms with Gasteiger partial charge >= 0.3 is 0 Å². The number of hydrogen-bond acceptors (Lipinski definition) is 4. The van der Waals surface area contributed by atoms with Crippen LogP contribution in [-0.4, -0.2) is 62.9 Å². The molecule has 2 fully saturated rings. The van der Waals surface area contributed by atoms with Crippen LogP contribution in [0.25, 0.3) is 0 Å². The van der Waals surface area contributed by atoms with Gasteiger partial charge in [-0.05, 0) is 63.7 Å². The monoisotopic (exact) mass is 402 g/mol. The fourth-order valence-corrected chi connectivity index (χ4v) is 4.35. The van der Waals surface area contributed by atoms with E-state index in [2.05, 4.69) is 52.6 Å². The van der Waals surface area contributed by atoms with E-state index >= 15 is 0 Å². The molecule has 0 amide bonds. The average molecular weight is 403 g/mol. The molecular weight excluding hydrogens is 364 g/mol. The van der Waals surface area contributed by atoms with E-state index in [0.29, 0.717) is 6.54 Å². The lowest BCUT2D eigenvalue weighted by molar-refractivity contribution is -0.0164. The highest BCUT2D eigenvalue weighted by molar-refractivity contribution is 5.79. The second-order valence-corrected chi connectivity index (χ2v) is 8.27. The van der Waals surface area contributed by atoms with Crippen LogP contribution in [0.2, 0.25) is 0 Å². The number of rotatable bonds is 8. The number of ether oxygens (including phenoxy) is 2. The highest BCUT2D eigenvalue weighted by Gasteiger charge is 2.39. The van der Waals surface area contributed by atoms with Gasteiger partial charge in [0.15, 0.2) is 5.96 Å². The smallest absolute Gasteiger partial charge is 0.191 e. The molecule has 29 heavy (non-hydrogen) atoms. The Labute approximate surface area is 176 Å². The van der Waals surface area contributed by atoms with Crippen molar-refractivity contribution in [2.24, 2.45) is 4.99 Å². The van der Waals surface area contributed by atoms with Crippen LogP contribution < -0.4 is 15.4 Å². The highest BCUT2D eigenvalue weighted by atomic mass is 16.5. The SMILES string of the molecule is CCCOc1cc(C)ccc1CNC(=NC)NCC1(N2CCCC2)CCOCC1. The number of likely N-dealkylation sites (tertiary alicyclic amines) is 1. The summed E-state index contributed by atoms with van der Waals surface area (Å²) >= 11 is 0. The van der Waals surface area contributed by atoms with Crippen molar-refractivity contribution >= 4 is 5.96 Å². The normalized spacial score (nSPS) is 19.9.